The van der Waals surface area contributed by atoms with Gasteiger partial charge in [-0.15, -0.1) is 0 Å². The topological polar surface area (TPSA) is 84.2 Å². The standard InChI is InChI=1S/C14H20FN3O2/c1-4-8(2)17-7-13(19)18-12-6-10(14(16)20)5-11(15)9(12)3/h5-6,8,17H,4,7H2,1-3H3,(H2,16,20)(H,18,19). The third kappa shape index (κ3) is 4.31. The lowest BCUT2D eigenvalue weighted by atomic mass is 10.1. The second-order valence-corrected chi connectivity index (χ2v) is 4.73. The summed E-state index contributed by atoms with van der Waals surface area (Å²) in [7, 11) is 0. The normalized spacial score (nSPS) is 12.0. The number of amides is 2. The second kappa shape index (κ2) is 7.00. The van der Waals surface area contributed by atoms with E-state index in [2.05, 4.69) is 10.6 Å². The number of hydrogen-bond donors (Lipinski definition) is 3. The summed E-state index contributed by atoms with van der Waals surface area (Å²) in [6.07, 6.45) is 0.901. The largest absolute Gasteiger partial charge is 0.366 e. The first-order chi connectivity index (χ1) is 9.35. The monoisotopic (exact) mass is 281 g/mol. The van der Waals surface area contributed by atoms with Crippen LogP contribution in [0.15, 0.2) is 12.1 Å². The van der Waals surface area contributed by atoms with Crippen LogP contribution in [-0.2, 0) is 4.79 Å². The molecule has 0 aromatic heterocycles. The number of carbonyl (C=O) groups excluding carboxylic acids is 2. The summed E-state index contributed by atoms with van der Waals surface area (Å²) in [5.74, 6) is -1.61. The molecule has 2 amide bonds. The van der Waals surface area contributed by atoms with E-state index >= 15 is 0 Å². The molecule has 110 valence electrons. The second-order valence-electron chi connectivity index (χ2n) is 4.73. The summed E-state index contributed by atoms with van der Waals surface area (Å²) >= 11 is 0. The van der Waals surface area contributed by atoms with Crippen molar-refractivity contribution in [2.24, 2.45) is 5.73 Å². The van der Waals surface area contributed by atoms with Crippen LogP contribution in [0.4, 0.5) is 10.1 Å². The number of hydrogen-bond acceptors (Lipinski definition) is 3. The van der Waals surface area contributed by atoms with E-state index in [0.29, 0.717) is 0 Å². The Bertz CT molecular complexity index is 517. The van der Waals surface area contributed by atoms with Crippen LogP contribution in [0.3, 0.4) is 0 Å². The highest BCUT2D eigenvalue weighted by atomic mass is 19.1. The molecule has 5 nitrogen and oxygen atoms in total. The Balaban J connectivity index is 2.81. The van der Waals surface area contributed by atoms with E-state index < -0.39 is 11.7 Å². The zero-order valence-electron chi connectivity index (χ0n) is 11.9. The van der Waals surface area contributed by atoms with Gasteiger partial charge in [-0.25, -0.2) is 4.39 Å². The fourth-order valence-electron chi connectivity index (χ4n) is 1.56. The Kier molecular flexibility index (Phi) is 5.64. The quantitative estimate of drug-likeness (QED) is 0.740. The summed E-state index contributed by atoms with van der Waals surface area (Å²) in [5, 5.41) is 5.60. The van der Waals surface area contributed by atoms with Crippen LogP contribution in [0.1, 0.15) is 36.2 Å². The number of carbonyl (C=O) groups is 2. The number of rotatable bonds is 6. The molecular weight excluding hydrogens is 261 g/mol. The SMILES string of the molecule is CCC(C)NCC(=O)Nc1cc(C(N)=O)cc(F)c1C. The van der Waals surface area contributed by atoms with E-state index in [1.807, 2.05) is 13.8 Å². The number of benzene rings is 1. The van der Waals surface area contributed by atoms with Gasteiger partial charge in [0.2, 0.25) is 11.8 Å². The first-order valence-electron chi connectivity index (χ1n) is 6.48. The van der Waals surface area contributed by atoms with E-state index in [1.54, 1.807) is 0 Å². The number of anilines is 1. The summed E-state index contributed by atoms with van der Waals surface area (Å²) < 4.78 is 13.6. The van der Waals surface area contributed by atoms with Crippen LogP contribution in [0.2, 0.25) is 0 Å². The maximum absolute atomic E-state index is 13.6. The summed E-state index contributed by atoms with van der Waals surface area (Å²) in [5.41, 5.74) is 5.67. The molecule has 20 heavy (non-hydrogen) atoms. The Morgan fingerprint density at radius 3 is 2.60 bits per heavy atom. The third-order valence-corrected chi connectivity index (χ3v) is 3.13. The van der Waals surface area contributed by atoms with E-state index in [0.717, 1.165) is 12.5 Å². The van der Waals surface area contributed by atoms with Crippen LogP contribution in [0.25, 0.3) is 0 Å². The minimum atomic E-state index is -0.739. The average Bonchev–Trinajstić information content (AvgIpc) is 2.40. The van der Waals surface area contributed by atoms with Crippen molar-refractivity contribution in [3.63, 3.8) is 0 Å². The fraction of sp³-hybridized carbons (Fsp3) is 0.429. The molecule has 0 spiro atoms. The van der Waals surface area contributed by atoms with Gasteiger partial charge in [-0.05, 0) is 32.4 Å². The molecule has 0 saturated carbocycles. The van der Waals surface area contributed by atoms with Gasteiger partial charge in [0, 0.05) is 22.9 Å². The van der Waals surface area contributed by atoms with Crippen LogP contribution < -0.4 is 16.4 Å². The van der Waals surface area contributed by atoms with Gasteiger partial charge in [-0.3, -0.25) is 9.59 Å². The Morgan fingerprint density at radius 2 is 2.05 bits per heavy atom. The molecule has 0 radical (unpaired) electrons. The van der Waals surface area contributed by atoms with Crippen LogP contribution >= 0.6 is 0 Å². The van der Waals surface area contributed by atoms with Gasteiger partial charge >= 0.3 is 0 Å². The highest BCUT2D eigenvalue weighted by molar-refractivity contribution is 5.97. The van der Waals surface area contributed by atoms with Crippen molar-refractivity contribution in [3.05, 3.63) is 29.1 Å². The Hall–Kier alpha value is -1.95. The van der Waals surface area contributed by atoms with Crippen LogP contribution in [0.5, 0.6) is 0 Å². The zero-order valence-corrected chi connectivity index (χ0v) is 11.9. The maximum Gasteiger partial charge on any atom is 0.248 e. The zero-order chi connectivity index (χ0) is 15.3. The molecule has 0 aliphatic rings. The summed E-state index contributed by atoms with van der Waals surface area (Å²) in [6.45, 7) is 5.62. The fourth-order valence-corrected chi connectivity index (χ4v) is 1.56. The van der Waals surface area contributed by atoms with Crippen LogP contribution in [0, 0.1) is 12.7 Å². The maximum atomic E-state index is 13.6. The molecule has 0 bridgehead atoms. The van der Waals surface area contributed by atoms with Crippen molar-refractivity contribution in [1.82, 2.24) is 5.32 Å². The molecule has 0 aliphatic carbocycles. The molecule has 1 rings (SSSR count). The van der Waals surface area contributed by atoms with Gasteiger partial charge in [-0.1, -0.05) is 6.92 Å². The van der Waals surface area contributed by atoms with E-state index in [1.165, 1.54) is 13.0 Å². The molecule has 4 N–H and O–H groups in total. The molecule has 0 aliphatic heterocycles. The third-order valence-electron chi connectivity index (χ3n) is 3.13. The van der Waals surface area contributed by atoms with Crippen molar-refractivity contribution >= 4 is 17.5 Å². The smallest absolute Gasteiger partial charge is 0.248 e. The van der Waals surface area contributed by atoms with Gasteiger partial charge in [0.05, 0.1) is 6.54 Å². The van der Waals surface area contributed by atoms with Crippen molar-refractivity contribution in [3.8, 4) is 0 Å². The lowest BCUT2D eigenvalue weighted by molar-refractivity contribution is -0.115. The van der Waals surface area contributed by atoms with Crippen molar-refractivity contribution in [2.45, 2.75) is 33.2 Å². The predicted molar refractivity (Wildman–Crippen MR) is 76.0 cm³/mol. The molecule has 1 aromatic rings. The molecule has 0 fully saturated rings. The molecule has 1 unspecified atom stereocenters. The van der Waals surface area contributed by atoms with Crippen molar-refractivity contribution < 1.29 is 14.0 Å². The van der Waals surface area contributed by atoms with Crippen LogP contribution in [-0.4, -0.2) is 24.4 Å². The molecule has 1 atom stereocenters. The number of nitrogens with two attached hydrogens (primary N) is 1. The number of primary amides is 1. The minimum absolute atomic E-state index is 0.0262. The van der Waals surface area contributed by atoms with E-state index in [9.17, 15) is 14.0 Å². The molecule has 6 heteroatoms. The lowest BCUT2D eigenvalue weighted by Gasteiger charge is -2.13. The van der Waals surface area contributed by atoms with Gasteiger partial charge in [0.1, 0.15) is 5.82 Å². The summed E-state index contributed by atoms with van der Waals surface area (Å²) in [4.78, 5) is 22.9. The number of halogens is 1. The molecular formula is C14H20FN3O2. The highest BCUT2D eigenvalue weighted by Crippen LogP contribution is 2.20. The minimum Gasteiger partial charge on any atom is -0.366 e. The van der Waals surface area contributed by atoms with Crippen molar-refractivity contribution in [2.75, 3.05) is 11.9 Å². The van der Waals surface area contributed by atoms with Gasteiger partial charge in [0.15, 0.2) is 0 Å². The highest BCUT2D eigenvalue weighted by Gasteiger charge is 2.13. The predicted octanol–water partition coefficient (Wildman–Crippen LogP) is 1.56. The Labute approximate surface area is 117 Å². The lowest BCUT2D eigenvalue weighted by Crippen LogP contribution is -2.34. The van der Waals surface area contributed by atoms with Gasteiger partial charge < -0.3 is 16.4 Å². The average molecular weight is 281 g/mol. The van der Waals surface area contributed by atoms with Gasteiger partial charge in [-0.2, -0.15) is 0 Å². The molecule has 0 saturated heterocycles. The molecule has 0 heterocycles. The first-order valence-corrected chi connectivity index (χ1v) is 6.48. The summed E-state index contributed by atoms with van der Waals surface area (Å²) in [6, 6.07) is 2.66. The van der Waals surface area contributed by atoms with E-state index in [4.69, 9.17) is 5.73 Å². The number of nitrogens with one attached hydrogen (secondary N) is 2. The Morgan fingerprint density at radius 1 is 1.40 bits per heavy atom. The van der Waals surface area contributed by atoms with E-state index in [-0.39, 0.29) is 35.3 Å². The van der Waals surface area contributed by atoms with Crippen molar-refractivity contribution in [1.29, 1.82) is 0 Å². The first kappa shape index (κ1) is 16.1. The molecule has 1 aromatic carbocycles. The van der Waals surface area contributed by atoms with Gasteiger partial charge in [0.25, 0.3) is 0 Å².